The number of aromatic amines is 1. The van der Waals surface area contributed by atoms with E-state index in [0.29, 0.717) is 12.1 Å². The number of aromatic nitrogens is 2. The third kappa shape index (κ3) is 2.63. The molecule has 5 nitrogen and oxygen atoms in total. The van der Waals surface area contributed by atoms with Gasteiger partial charge in [0.25, 0.3) is 0 Å². The van der Waals surface area contributed by atoms with Crippen LogP contribution in [0.25, 0.3) is 0 Å². The molecule has 0 aliphatic heterocycles. The molecule has 5 heteroatoms. The second kappa shape index (κ2) is 4.69. The Morgan fingerprint density at radius 3 is 3.00 bits per heavy atom. The Labute approximate surface area is 99.0 Å². The van der Waals surface area contributed by atoms with E-state index < -0.39 is 5.91 Å². The first-order valence-corrected chi connectivity index (χ1v) is 5.29. The van der Waals surface area contributed by atoms with Crippen molar-refractivity contribution in [3.8, 4) is 0 Å². The predicted octanol–water partition coefficient (Wildman–Crippen LogP) is 1.43. The molecule has 1 heterocycles. The molecule has 0 fully saturated rings. The Morgan fingerprint density at radius 2 is 2.35 bits per heavy atom. The van der Waals surface area contributed by atoms with Crippen LogP contribution in [0.2, 0.25) is 0 Å². The monoisotopic (exact) mass is 230 g/mol. The molecule has 1 amide bonds. The van der Waals surface area contributed by atoms with Gasteiger partial charge in [-0.25, -0.2) is 0 Å². The Morgan fingerprint density at radius 1 is 1.53 bits per heavy atom. The van der Waals surface area contributed by atoms with Gasteiger partial charge in [-0.1, -0.05) is 6.07 Å². The first-order chi connectivity index (χ1) is 8.16. The molecule has 88 valence electrons. The van der Waals surface area contributed by atoms with Crippen molar-refractivity contribution in [3.63, 3.8) is 0 Å². The molecular weight excluding hydrogens is 216 g/mol. The minimum atomic E-state index is -0.423. The molecule has 2 rings (SSSR count). The van der Waals surface area contributed by atoms with Gasteiger partial charge in [-0.15, -0.1) is 0 Å². The normalized spacial score (nSPS) is 10.2. The van der Waals surface area contributed by atoms with Gasteiger partial charge in [0, 0.05) is 29.1 Å². The van der Waals surface area contributed by atoms with E-state index in [2.05, 4.69) is 15.5 Å². The molecule has 0 radical (unpaired) electrons. The summed E-state index contributed by atoms with van der Waals surface area (Å²) in [6, 6.07) is 7.11. The van der Waals surface area contributed by atoms with Crippen molar-refractivity contribution in [1.29, 1.82) is 0 Å². The summed E-state index contributed by atoms with van der Waals surface area (Å²) >= 11 is 0. The number of nitrogens with one attached hydrogen (secondary N) is 2. The Hall–Kier alpha value is -2.30. The molecule has 17 heavy (non-hydrogen) atoms. The van der Waals surface area contributed by atoms with E-state index in [1.54, 1.807) is 24.4 Å². The van der Waals surface area contributed by atoms with E-state index in [4.69, 9.17) is 5.73 Å². The zero-order valence-corrected chi connectivity index (χ0v) is 9.53. The lowest BCUT2D eigenvalue weighted by Gasteiger charge is -2.06. The number of H-pyrrole nitrogens is 1. The zero-order valence-electron chi connectivity index (χ0n) is 9.53. The number of nitrogens with zero attached hydrogens (tertiary/aromatic N) is 1. The molecule has 0 aliphatic carbocycles. The van der Waals surface area contributed by atoms with Gasteiger partial charge in [-0.2, -0.15) is 5.10 Å². The smallest absolute Gasteiger partial charge is 0.248 e. The number of aryl methyl sites for hydroxylation is 1. The van der Waals surface area contributed by atoms with Gasteiger partial charge >= 0.3 is 0 Å². The first-order valence-electron chi connectivity index (χ1n) is 5.29. The third-order valence-corrected chi connectivity index (χ3v) is 2.56. The molecule has 2 aromatic rings. The average Bonchev–Trinajstić information content (AvgIpc) is 2.72. The van der Waals surface area contributed by atoms with E-state index in [0.717, 1.165) is 16.9 Å². The largest absolute Gasteiger partial charge is 0.381 e. The first kappa shape index (κ1) is 11.2. The topological polar surface area (TPSA) is 83.8 Å². The number of primary amides is 1. The highest BCUT2D eigenvalue weighted by atomic mass is 16.1. The molecule has 1 aromatic heterocycles. The van der Waals surface area contributed by atoms with Crippen LogP contribution >= 0.6 is 0 Å². The molecule has 0 atom stereocenters. The summed E-state index contributed by atoms with van der Waals surface area (Å²) in [6.07, 6.45) is 1.78. The van der Waals surface area contributed by atoms with Crippen molar-refractivity contribution in [2.24, 2.45) is 5.73 Å². The van der Waals surface area contributed by atoms with Crippen molar-refractivity contribution in [1.82, 2.24) is 10.2 Å². The summed E-state index contributed by atoms with van der Waals surface area (Å²) in [5, 5.41) is 10.0. The Kier molecular flexibility index (Phi) is 3.09. The molecule has 0 unspecified atom stereocenters. The number of amides is 1. The Bertz CT molecular complexity index is 533. The number of hydrogen-bond acceptors (Lipinski definition) is 3. The van der Waals surface area contributed by atoms with Gasteiger partial charge in [-0.3, -0.25) is 9.89 Å². The summed E-state index contributed by atoms with van der Waals surface area (Å²) in [6.45, 7) is 2.62. The summed E-state index contributed by atoms with van der Waals surface area (Å²) in [5.41, 5.74) is 8.70. The highest BCUT2D eigenvalue weighted by Gasteiger charge is 2.02. The second-order valence-corrected chi connectivity index (χ2v) is 3.82. The molecule has 0 saturated carbocycles. The number of carbonyl (C=O) groups is 1. The van der Waals surface area contributed by atoms with Crippen LogP contribution in [0.1, 0.15) is 21.6 Å². The molecule has 0 saturated heterocycles. The number of rotatable bonds is 4. The van der Waals surface area contributed by atoms with Crippen LogP contribution in [0.15, 0.2) is 30.5 Å². The number of anilines is 1. The predicted molar refractivity (Wildman–Crippen MR) is 65.6 cm³/mol. The minimum Gasteiger partial charge on any atom is -0.381 e. The molecule has 0 bridgehead atoms. The van der Waals surface area contributed by atoms with Gasteiger partial charge in [0.05, 0.1) is 6.20 Å². The SMILES string of the molecule is Cc1[nH]ncc1CNc1cccc(C(N)=O)c1. The number of carbonyl (C=O) groups excluding carboxylic acids is 1. The molecule has 0 spiro atoms. The lowest BCUT2D eigenvalue weighted by molar-refractivity contribution is 0.100. The summed E-state index contributed by atoms with van der Waals surface area (Å²) < 4.78 is 0. The van der Waals surface area contributed by atoms with Crippen LogP contribution < -0.4 is 11.1 Å². The lowest BCUT2D eigenvalue weighted by atomic mass is 10.2. The van der Waals surface area contributed by atoms with Crippen LogP contribution in [-0.4, -0.2) is 16.1 Å². The van der Waals surface area contributed by atoms with Crippen LogP contribution in [0.5, 0.6) is 0 Å². The minimum absolute atomic E-state index is 0.423. The standard InChI is InChI=1S/C12H14N4O/c1-8-10(7-15-16-8)6-14-11-4-2-3-9(5-11)12(13)17/h2-5,7,14H,6H2,1H3,(H2,13,17)(H,15,16). The third-order valence-electron chi connectivity index (χ3n) is 2.56. The average molecular weight is 230 g/mol. The molecule has 0 aliphatic rings. The number of hydrogen-bond donors (Lipinski definition) is 3. The maximum atomic E-state index is 11.0. The van der Waals surface area contributed by atoms with Crippen molar-refractivity contribution < 1.29 is 4.79 Å². The number of nitrogens with two attached hydrogens (primary N) is 1. The van der Waals surface area contributed by atoms with Crippen molar-refractivity contribution in [2.45, 2.75) is 13.5 Å². The molecule has 4 N–H and O–H groups in total. The fourth-order valence-corrected chi connectivity index (χ4v) is 1.53. The van der Waals surface area contributed by atoms with E-state index in [1.165, 1.54) is 0 Å². The van der Waals surface area contributed by atoms with Gasteiger partial charge in [0.15, 0.2) is 0 Å². The van der Waals surface area contributed by atoms with Gasteiger partial charge in [0.2, 0.25) is 5.91 Å². The maximum Gasteiger partial charge on any atom is 0.248 e. The van der Waals surface area contributed by atoms with Crippen molar-refractivity contribution in [2.75, 3.05) is 5.32 Å². The van der Waals surface area contributed by atoms with Crippen LogP contribution in [-0.2, 0) is 6.54 Å². The van der Waals surface area contributed by atoms with Crippen molar-refractivity contribution >= 4 is 11.6 Å². The van der Waals surface area contributed by atoms with Crippen LogP contribution in [0.3, 0.4) is 0 Å². The lowest BCUT2D eigenvalue weighted by Crippen LogP contribution is -2.11. The molecule has 1 aromatic carbocycles. The summed E-state index contributed by atoms with van der Waals surface area (Å²) in [4.78, 5) is 11.0. The van der Waals surface area contributed by atoms with Crippen LogP contribution in [0.4, 0.5) is 5.69 Å². The van der Waals surface area contributed by atoms with Gasteiger partial charge in [0.1, 0.15) is 0 Å². The van der Waals surface area contributed by atoms with Gasteiger partial charge in [-0.05, 0) is 25.1 Å². The van der Waals surface area contributed by atoms with Crippen LogP contribution in [0, 0.1) is 6.92 Å². The highest BCUT2D eigenvalue weighted by molar-refractivity contribution is 5.93. The highest BCUT2D eigenvalue weighted by Crippen LogP contribution is 2.12. The van der Waals surface area contributed by atoms with Gasteiger partial charge < -0.3 is 11.1 Å². The second-order valence-electron chi connectivity index (χ2n) is 3.82. The van der Waals surface area contributed by atoms with Crippen molar-refractivity contribution in [3.05, 3.63) is 47.3 Å². The zero-order chi connectivity index (χ0) is 12.3. The van der Waals surface area contributed by atoms with E-state index in [-0.39, 0.29) is 0 Å². The summed E-state index contributed by atoms with van der Waals surface area (Å²) in [5.74, 6) is -0.423. The summed E-state index contributed by atoms with van der Waals surface area (Å²) in [7, 11) is 0. The quantitative estimate of drug-likeness (QED) is 0.742. The number of benzene rings is 1. The Balaban J connectivity index is 2.07. The maximum absolute atomic E-state index is 11.0. The molecular formula is C12H14N4O. The fraction of sp³-hybridized carbons (Fsp3) is 0.167. The fourth-order valence-electron chi connectivity index (χ4n) is 1.53. The van der Waals surface area contributed by atoms with E-state index >= 15 is 0 Å². The van der Waals surface area contributed by atoms with E-state index in [9.17, 15) is 4.79 Å². The van der Waals surface area contributed by atoms with E-state index in [1.807, 2.05) is 13.0 Å².